The van der Waals surface area contributed by atoms with Gasteiger partial charge in [-0.3, -0.25) is 0 Å². The van der Waals surface area contributed by atoms with E-state index in [9.17, 15) is 0 Å². The summed E-state index contributed by atoms with van der Waals surface area (Å²) in [4.78, 5) is 2.52. The van der Waals surface area contributed by atoms with Gasteiger partial charge in [-0.15, -0.1) is 0 Å². The van der Waals surface area contributed by atoms with Crippen molar-refractivity contribution in [3.63, 3.8) is 0 Å². The van der Waals surface area contributed by atoms with Crippen LogP contribution in [0.2, 0.25) is 5.02 Å². The molecule has 2 nitrogen and oxygen atoms in total. The summed E-state index contributed by atoms with van der Waals surface area (Å²) in [6, 6.07) is 6.29. The summed E-state index contributed by atoms with van der Waals surface area (Å²) >= 11 is 6.22. The van der Waals surface area contributed by atoms with Gasteiger partial charge in [0.15, 0.2) is 0 Å². The minimum Gasteiger partial charge on any atom is -0.371 e. The van der Waals surface area contributed by atoms with Crippen molar-refractivity contribution >= 4 is 17.3 Å². The molecule has 0 aliphatic carbocycles. The van der Waals surface area contributed by atoms with Gasteiger partial charge in [-0.25, -0.2) is 0 Å². The van der Waals surface area contributed by atoms with Gasteiger partial charge < -0.3 is 10.2 Å². The van der Waals surface area contributed by atoms with Crippen molar-refractivity contribution in [2.45, 2.75) is 46.6 Å². The first-order chi connectivity index (χ1) is 9.52. The maximum atomic E-state index is 6.22. The maximum Gasteiger partial charge on any atom is 0.0426 e. The third kappa shape index (κ3) is 4.13. The maximum absolute atomic E-state index is 6.22. The number of nitrogens with zero attached hydrogens (tertiary/aromatic N) is 1. The fourth-order valence-electron chi connectivity index (χ4n) is 2.90. The Morgan fingerprint density at radius 2 is 2.05 bits per heavy atom. The Balaban J connectivity index is 2.19. The molecule has 0 aromatic heterocycles. The summed E-state index contributed by atoms with van der Waals surface area (Å²) in [6.45, 7) is 11.1. The number of halogens is 1. The first-order valence-electron chi connectivity index (χ1n) is 7.76. The van der Waals surface area contributed by atoms with E-state index in [-0.39, 0.29) is 0 Å². The second-order valence-electron chi connectivity index (χ2n) is 6.56. The van der Waals surface area contributed by atoms with Crippen LogP contribution in [0.25, 0.3) is 0 Å². The van der Waals surface area contributed by atoms with E-state index < -0.39 is 0 Å². The molecule has 0 spiro atoms. The van der Waals surface area contributed by atoms with Crippen LogP contribution in [0.15, 0.2) is 18.2 Å². The third-order valence-electron chi connectivity index (χ3n) is 4.29. The van der Waals surface area contributed by atoms with Gasteiger partial charge in [0.2, 0.25) is 0 Å². The summed E-state index contributed by atoms with van der Waals surface area (Å²) in [5.74, 6) is 0. The summed E-state index contributed by atoms with van der Waals surface area (Å²) < 4.78 is 0. The van der Waals surface area contributed by atoms with Crippen LogP contribution < -0.4 is 10.2 Å². The van der Waals surface area contributed by atoms with E-state index in [0.717, 1.165) is 31.2 Å². The highest BCUT2D eigenvalue weighted by Gasteiger charge is 2.24. The molecule has 1 heterocycles. The molecule has 112 valence electrons. The van der Waals surface area contributed by atoms with E-state index in [1.54, 1.807) is 0 Å². The van der Waals surface area contributed by atoms with Gasteiger partial charge in [-0.2, -0.15) is 0 Å². The highest BCUT2D eigenvalue weighted by atomic mass is 35.5. The lowest BCUT2D eigenvalue weighted by molar-refractivity contribution is 0.325. The number of hydrogen-bond donors (Lipinski definition) is 1. The summed E-state index contributed by atoms with van der Waals surface area (Å²) in [6.07, 6.45) is 3.83. The molecule has 3 heteroatoms. The lowest BCUT2D eigenvalue weighted by Crippen LogP contribution is -2.27. The number of hydrogen-bond acceptors (Lipinski definition) is 2. The lowest BCUT2D eigenvalue weighted by atomic mass is 9.85. The Bertz CT molecular complexity index is 443. The second-order valence-corrected chi connectivity index (χ2v) is 6.99. The van der Waals surface area contributed by atoms with Crippen LogP contribution in [0.5, 0.6) is 0 Å². The summed E-state index contributed by atoms with van der Waals surface area (Å²) in [7, 11) is 0. The Kier molecular flexibility index (Phi) is 5.34. The van der Waals surface area contributed by atoms with E-state index in [1.807, 2.05) is 6.07 Å². The minimum atomic E-state index is 0.467. The first-order valence-corrected chi connectivity index (χ1v) is 8.14. The van der Waals surface area contributed by atoms with Crippen molar-refractivity contribution in [3.8, 4) is 0 Å². The molecule has 0 bridgehead atoms. The van der Waals surface area contributed by atoms with Crippen LogP contribution in [0.1, 0.15) is 45.6 Å². The molecule has 0 saturated carbocycles. The molecule has 1 aliphatic rings. The van der Waals surface area contributed by atoms with Crippen molar-refractivity contribution in [1.82, 2.24) is 5.32 Å². The van der Waals surface area contributed by atoms with Crippen molar-refractivity contribution in [2.75, 3.05) is 24.5 Å². The Morgan fingerprint density at radius 1 is 1.25 bits per heavy atom. The molecule has 0 atom stereocenters. The standard InChI is InChI=1S/C17H27ClN2/c1-4-19-13-14-6-7-15(18)12-16(14)20-10-5-8-17(2,3)9-11-20/h6-7,12,19H,4-5,8-11,13H2,1-3H3. The van der Waals surface area contributed by atoms with Gasteiger partial charge in [0.05, 0.1) is 0 Å². The second kappa shape index (κ2) is 6.82. The molecule has 0 radical (unpaired) electrons. The van der Waals surface area contributed by atoms with Crippen molar-refractivity contribution in [1.29, 1.82) is 0 Å². The van der Waals surface area contributed by atoms with E-state index in [4.69, 9.17) is 11.6 Å². The van der Waals surface area contributed by atoms with Crippen LogP contribution in [-0.4, -0.2) is 19.6 Å². The van der Waals surface area contributed by atoms with Crippen LogP contribution in [0, 0.1) is 5.41 Å². The van der Waals surface area contributed by atoms with Gasteiger partial charge in [0.25, 0.3) is 0 Å². The predicted octanol–water partition coefficient (Wildman–Crippen LogP) is 4.47. The van der Waals surface area contributed by atoms with Gasteiger partial charge in [0, 0.05) is 30.3 Å². The molecule has 1 N–H and O–H groups in total. The van der Waals surface area contributed by atoms with Gasteiger partial charge in [-0.1, -0.05) is 38.4 Å². The van der Waals surface area contributed by atoms with E-state index in [1.165, 1.54) is 30.5 Å². The zero-order chi connectivity index (χ0) is 14.6. The zero-order valence-corrected chi connectivity index (χ0v) is 13.8. The number of anilines is 1. The zero-order valence-electron chi connectivity index (χ0n) is 13.0. The van der Waals surface area contributed by atoms with Crippen LogP contribution in [0.3, 0.4) is 0 Å². The Hall–Kier alpha value is -0.730. The topological polar surface area (TPSA) is 15.3 Å². The number of nitrogens with one attached hydrogen (secondary N) is 1. The largest absolute Gasteiger partial charge is 0.371 e. The SMILES string of the molecule is CCNCc1ccc(Cl)cc1N1CCCC(C)(C)CC1. The molecule has 20 heavy (non-hydrogen) atoms. The molecule has 1 aromatic carbocycles. The minimum absolute atomic E-state index is 0.467. The van der Waals surface area contributed by atoms with E-state index in [2.05, 4.69) is 43.1 Å². The fraction of sp³-hybridized carbons (Fsp3) is 0.647. The smallest absolute Gasteiger partial charge is 0.0426 e. The molecule has 1 aromatic rings. The van der Waals surface area contributed by atoms with E-state index in [0.29, 0.717) is 5.41 Å². The molecule has 1 aliphatic heterocycles. The van der Waals surface area contributed by atoms with Crippen molar-refractivity contribution in [2.24, 2.45) is 5.41 Å². The Morgan fingerprint density at radius 3 is 2.80 bits per heavy atom. The summed E-state index contributed by atoms with van der Waals surface area (Å²) in [5.41, 5.74) is 3.14. The predicted molar refractivity (Wildman–Crippen MR) is 88.7 cm³/mol. The van der Waals surface area contributed by atoms with Gasteiger partial charge in [-0.05, 0) is 48.9 Å². The number of rotatable bonds is 4. The fourth-order valence-corrected chi connectivity index (χ4v) is 3.07. The third-order valence-corrected chi connectivity index (χ3v) is 4.53. The van der Waals surface area contributed by atoms with Gasteiger partial charge in [0.1, 0.15) is 0 Å². The molecular weight excluding hydrogens is 268 g/mol. The average Bonchev–Trinajstić information content (AvgIpc) is 2.58. The van der Waals surface area contributed by atoms with E-state index >= 15 is 0 Å². The van der Waals surface area contributed by atoms with Crippen molar-refractivity contribution < 1.29 is 0 Å². The van der Waals surface area contributed by atoms with Crippen LogP contribution in [-0.2, 0) is 6.54 Å². The monoisotopic (exact) mass is 294 g/mol. The number of benzene rings is 1. The molecule has 1 saturated heterocycles. The molecule has 0 amide bonds. The molecule has 2 rings (SSSR count). The highest BCUT2D eigenvalue weighted by Crippen LogP contribution is 2.33. The average molecular weight is 295 g/mol. The molecule has 0 unspecified atom stereocenters. The highest BCUT2D eigenvalue weighted by molar-refractivity contribution is 6.30. The molecular formula is C17H27ClN2. The van der Waals surface area contributed by atoms with Gasteiger partial charge >= 0.3 is 0 Å². The normalized spacial score (nSPS) is 18.9. The quantitative estimate of drug-likeness (QED) is 0.881. The lowest BCUT2D eigenvalue weighted by Gasteiger charge is -2.27. The molecule has 1 fully saturated rings. The Labute approximate surface area is 128 Å². The summed E-state index contributed by atoms with van der Waals surface area (Å²) in [5, 5.41) is 4.26. The van der Waals surface area contributed by atoms with Crippen molar-refractivity contribution in [3.05, 3.63) is 28.8 Å². The first kappa shape index (κ1) is 15.7. The van der Waals surface area contributed by atoms with Crippen LogP contribution >= 0.6 is 11.6 Å². The van der Waals surface area contributed by atoms with Crippen LogP contribution in [0.4, 0.5) is 5.69 Å².